The topological polar surface area (TPSA) is 95.9 Å². The SMILES string of the molecule is CCOC(=O)CCNC(=O)N(CC(=O)O)C1CCCC1. The van der Waals surface area contributed by atoms with Crippen LogP contribution in [0.15, 0.2) is 0 Å². The molecule has 1 fully saturated rings. The number of carbonyl (C=O) groups is 3. The van der Waals surface area contributed by atoms with E-state index in [-0.39, 0.29) is 31.5 Å². The molecule has 0 aromatic carbocycles. The third-order valence-electron chi connectivity index (χ3n) is 3.24. The number of esters is 1. The van der Waals surface area contributed by atoms with E-state index in [0.29, 0.717) is 6.61 Å². The number of carboxylic acid groups (broad SMARTS) is 1. The highest BCUT2D eigenvalue weighted by Crippen LogP contribution is 2.23. The third kappa shape index (κ3) is 5.46. The Kier molecular flexibility index (Phi) is 6.83. The van der Waals surface area contributed by atoms with Crippen molar-refractivity contribution >= 4 is 18.0 Å². The molecule has 1 aliphatic rings. The lowest BCUT2D eigenvalue weighted by molar-refractivity contribution is -0.143. The number of amides is 2. The number of nitrogens with one attached hydrogen (secondary N) is 1. The maximum atomic E-state index is 12.0. The predicted molar refractivity (Wildman–Crippen MR) is 71.2 cm³/mol. The summed E-state index contributed by atoms with van der Waals surface area (Å²) in [6.45, 7) is 1.86. The smallest absolute Gasteiger partial charge is 0.323 e. The maximum absolute atomic E-state index is 12.0. The Morgan fingerprint density at radius 2 is 1.95 bits per heavy atom. The Bertz CT molecular complexity index is 353. The monoisotopic (exact) mass is 286 g/mol. The second-order valence-corrected chi connectivity index (χ2v) is 4.75. The summed E-state index contributed by atoms with van der Waals surface area (Å²) in [7, 11) is 0. The van der Waals surface area contributed by atoms with Gasteiger partial charge in [-0.1, -0.05) is 12.8 Å². The van der Waals surface area contributed by atoms with E-state index >= 15 is 0 Å². The minimum atomic E-state index is -1.03. The molecule has 0 aromatic rings. The molecule has 2 amide bonds. The van der Waals surface area contributed by atoms with Crippen molar-refractivity contribution in [1.29, 1.82) is 0 Å². The standard InChI is InChI=1S/C13H22N2O5/c1-2-20-12(18)7-8-14-13(19)15(9-11(16)17)10-5-3-4-6-10/h10H,2-9H2,1H3,(H,14,19)(H,16,17). The van der Waals surface area contributed by atoms with Gasteiger partial charge in [-0.25, -0.2) is 4.79 Å². The van der Waals surface area contributed by atoms with E-state index in [1.807, 2.05) is 0 Å². The van der Waals surface area contributed by atoms with E-state index in [1.165, 1.54) is 4.90 Å². The van der Waals surface area contributed by atoms with Gasteiger partial charge in [-0.05, 0) is 19.8 Å². The quantitative estimate of drug-likeness (QED) is 0.680. The molecule has 0 heterocycles. The van der Waals surface area contributed by atoms with Crippen LogP contribution in [0.25, 0.3) is 0 Å². The first kappa shape index (κ1) is 16.3. The summed E-state index contributed by atoms with van der Waals surface area (Å²) < 4.78 is 4.75. The fraction of sp³-hybridized carbons (Fsp3) is 0.769. The molecule has 0 aliphatic heterocycles. The van der Waals surface area contributed by atoms with Gasteiger partial charge in [0.05, 0.1) is 13.0 Å². The molecule has 114 valence electrons. The number of nitrogens with zero attached hydrogens (tertiary/aromatic N) is 1. The van der Waals surface area contributed by atoms with Gasteiger partial charge in [-0.3, -0.25) is 9.59 Å². The van der Waals surface area contributed by atoms with E-state index in [0.717, 1.165) is 25.7 Å². The number of ether oxygens (including phenoxy) is 1. The van der Waals surface area contributed by atoms with Crippen molar-refractivity contribution in [2.75, 3.05) is 19.7 Å². The zero-order chi connectivity index (χ0) is 15.0. The van der Waals surface area contributed by atoms with Crippen molar-refractivity contribution in [3.63, 3.8) is 0 Å². The Balaban J connectivity index is 2.42. The predicted octanol–water partition coefficient (Wildman–Crippen LogP) is 0.978. The minimum Gasteiger partial charge on any atom is -0.480 e. The van der Waals surface area contributed by atoms with Crippen LogP contribution in [0.2, 0.25) is 0 Å². The van der Waals surface area contributed by atoms with Crippen molar-refractivity contribution in [3.05, 3.63) is 0 Å². The lowest BCUT2D eigenvalue weighted by Gasteiger charge is -2.27. The number of aliphatic carboxylic acids is 1. The third-order valence-corrected chi connectivity index (χ3v) is 3.24. The summed E-state index contributed by atoms with van der Waals surface area (Å²) in [5, 5.41) is 11.5. The van der Waals surface area contributed by atoms with Crippen LogP contribution in [-0.4, -0.2) is 53.7 Å². The van der Waals surface area contributed by atoms with Crippen LogP contribution < -0.4 is 5.32 Å². The van der Waals surface area contributed by atoms with Gasteiger partial charge in [0.25, 0.3) is 0 Å². The van der Waals surface area contributed by atoms with Gasteiger partial charge in [0.2, 0.25) is 0 Å². The molecule has 1 aliphatic carbocycles. The average Bonchev–Trinajstić information content (AvgIpc) is 2.89. The fourth-order valence-corrected chi connectivity index (χ4v) is 2.33. The van der Waals surface area contributed by atoms with Crippen LogP contribution >= 0.6 is 0 Å². The average molecular weight is 286 g/mol. The molecule has 7 heteroatoms. The molecule has 0 unspecified atom stereocenters. The summed E-state index contributed by atoms with van der Waals surface area (Å²) in [6, 6.07) is -0.447. The van der Waals surface area contributed by atoms with Crippen LogP contribution in [0.5, 0.6) is 0 Å². The van der Waals surface area contributed by atoms with Crippen molar-refractivity contribution in [2.24, 2.45) is 0 Å². The van der Waals surface area contributed by atoms with Gasteiger partial charge in [-0.15, -0.1) is 0 Å². The van der Waals surface area contributed by atoms with Crippen molar-refractivity contribution in [1.82, 2.24) is 10.2 Å². The first-order valence-corrected chi connectivity index (χ1v) is 6.96. The van der Waals surface area contributed by atoms with E-state index in [4.69, 9.17) is 9.84 Å². The van der Waals surface area contributed by atoms with Gasteiger partial charge in [0.15, 0.2) is 0 Å². The normalized spacial score (nSPS) is 14.8. The van der Waals surface area contributed by atoms with Crippen molar-refractivity contribution in [2.45, 2.75) is 45.1 Å². The van der Waals surface area contributed by atoms with Gasteiger partial charge >= 0.3 is 18.0 Å². The molecule has 1 saturated carbocycles. The fourth-order valence-electron chi connectivity index (χ4n) is 2.33. The Hall–Kier alpha value is -1.79. The Labute approximate surface area is 118 Å². The molecule has 0 aromatic heterocycles. The number of hydrogen-bond acceptors (Lipinski definition) is 4. The lowest BCUT2D eigenvalue weighted by Crippen LogP contribution is -2.48. The first-order valence-electron chi connectivity index (χ1n) is 6.96. The molecule has 0 spiro atoms. The number of carbonyl (C=O) groups excluding carboxylic acids is 2. The first-order chi connectivity index (χ1) is 9.54. The highest BCUT2D eigenvalue weighted by Gasteiger charge is 2.28. The number of rotatable bonds is 7. The number of urea groups is 1. The van der Waals surface area contributed by atoms with Crippen LogP contribution in [0, 0.1) is 0 Å². The van der Waals surface area contributed by atoms with Crippen LogP contribution in [0.4, 0.5) is 4.79 Å². The Morgan fingerprint density at radius 3 is 2.50 bits per heavy atom. The summed E-state index contributed by atoms with van der Waals surface area (Å²) >= 11 is 0. The zero-order valence-electron chi connectivity index (χ0n) is 11.8. The van der Waals surface area contributed by atoms with Gasteiger partial charge in [0, 0.05) is 12.6 Å². The van der Waals surface area contributed by atoms with E-state index in [2.05, 4.69) is 5.32 Å². The van der Waals surface area contributed by atoms with Gasteiger partial charge in [0.1, 0.15) is 6.54 Å². The summed E-state index contributed by atoms with van der Waals surface area (Å²) in [5.74, 6) is -1.41. The summed E-state index contributed by atoms with van der Waals surface area (Å²) in [5.41, 5.74) is 0. The zero-order valence-corrected chi connectivity index (χ0v) is 11.8. The van der Waals surface area contributed by atoms with Crippen LogP contribution in [-0.2, 0) is 14.3 Å². The molecule has 0 saturated heterocycles. The second kappa shape index (κ2) is 8.39. The van der Waals surface area contributed by atoms with Gasteiger partial charge in [-0.2, -0.15) is 0 Å². The molecule has 2 N–H and O–H groups in total. The molecule has 0 radical (unpaired) electrons. The highest BCUT2D eigenvalue weighted by molar-refractivity contribution is 5.80. The van der Waals surface area contributed by atoms with Gasteiger partial charge < -0.3 is 20.1 Å². The lowest BCUT2D eigenvalue weighted by atomic mass is 10.2. The molecule has 0 atom stereocenters. The Morgan fingerprint density at radius 1 is 1.30 bits per heavy atom. The highest BCUT2D eigenvalue weighted by atomic mass is 16.5. The van der Waals surface area contributed by atoms with E-state index < -0.39 is 12.0 Å². The van der Waals surface area contributed by atoms with Crippen LogP contribution in [0.3, 0.4) is 0 Å². The van der Waals surface area contributed by atoms with E-state index in [1.54, 1.807) is 6.92 Å². The minimum absolute atomic E-state index is 0.0197. The second-order valence-electron chi connectivity index (χ2n) is 4.75. The maximum Gasteiger partial charge on any atom is 0.323 e. The molecule has 1 rings (SSSR count). The number of hydrogen-bond donors (Lipinski definition) is 2. The summed E-state index contributed by atoms with van der Waals surface area (Å²) in [6.07, 6.45) is 3.77. The summed E-state index contributed by atoms with van der Waals surface area (Å²) in [4.78, 5) is 35.3. The van der Waals surface area contributed by atoms with Crippen molar-refractivity contribution < 1.29 is 24.2 Å². The molecule has 7 nitrogen and oxygen atoms in total. The molecular formula is C13H22N2O5. The molecular weight excluding hydrogens is 264 g/mol. The van der Waals surface area contributed by atoms with Crippen LogP contribution in [0.1, 0.15) is 39.0 Å². The number of carboxylic acids is 1. The van der Waals surface area contributed by atoms with E-state index in [9.17, 15) is 14.4 Å². The van der Waals surface area contributed by atoms with Crippen molar-refractivity contribution in [3.8, 4) is 0 Å². The molecule has 20 heavy (non-hydrogen) atoms. The molecule has 0 bridgehead atoms. The largest absolute Gasteiger partial charge is 0.480 e.